The van der Waals surface area contributed by atoms with Gasteiger partial charge in [0, 0.05) is 24.5 Å². The Morgan fingerprint density at radius 1 is 1.25 bits per heavy atom. The van der Waals surface area contributed by atoms with E-state index in [1.807, 2.05) is 13.0 Å². The minimum atomic E-state index is -0.254. The zero-order valence-electron chi connectivity index (χ0n) is 9.07. The van der Waals surface area contributed by atoms with Crippen LogP contribution in [0.15, 0.2) is 36.7 Å². The molecule has 0 saturated heterocycles. The highest BCUT2D eigenvalue weighted by molar-refractivity contribution is 5.69. The first-order valence-electron chi connectivity index (χ1n) is 5.12. The van der Waals surface area contributed by atoms with Gasteiger partial charge in [-0.1, -0.05) is 6.07 Å². The van der Waals surface area contributed by atoms with Crippen LogP contribution in [-0.4, -0.2) is 4.98 Å². The van der Waals surface area contributed by atoms with E-state index in [1.54, 1.807) is 18.5 Å². The molecule has 1 aromatic carbocycles. The fraction of sp³-hybridized carbons (Fsp3) is 0.154. The molecule has 3 heteroatoms. The van der Waals surface area contributed by atoms with Crippen molar-refractivity contribution in [2.24, 2.45) is 5.73 Å². The van der Waals surface area contributed by atoms with E-state index in [2.05, 4.69) is 4.98 Å². The van der Waals surface area contributed by atoms with Crippen LogP contribution in [-0.2, 0) is 6.54 Å². The number of aromatic nitrogens is 1. The van der Waals surface area contributed by atoms with Crippen molar-refractivity contribution in [1.82, 2.24) is 4.98 Å². The first-order chi connectivity index (χ1) is 7.72. The van der Waals surface area contributed by atoms with Gasteiger partial charge < -0.3 is 5.73 Å². The van der Waals surface area contributed by atoms with Crippen LogP contribution in [0.3, 0.4) is 0 Å². The van der Waals surface area contributed by atoms with Gasteiger partial charge in [0.15, 0.2) is 0 Å². The van der Waals surface area contributed by atoms with Crippen molar-refractivity contribution in [3.05, 3.63) is 53.6 Å². The first kappa shape index (κ1) is 10.8. The largest absolute Gasteiger partial charge is 0.326 e. The molecule has 1 heterocycles. The molecule has 2 N–H and O–H groups in total. The summed E-state index contributed by atoms with van der Waals surface area (Å²) in [6.45, 7) is 2.37. The van der Waals surface area contributed by atoms with Crippen LogP contribution in [0, 0.1) is 12.7 Å². The smallest absolute Gasteiger partial charge is 0.123 e. The third kappa shape index (κ3) is 1.95. The molecule has 1 aromatic heterocycles. The molecule has 0 saturated carbocycles. The second-order valence-corrected chi connectivity index (χ2v) is 3.70. The van der Waals surface area contributed by atoms with Gasteiger partial charge in [0.1, 0.15) is 5.82 Å². The van der Waals surface area contributed by atoms with Gasteiger partial charge in [-0.15, -0.1) is 0 Å². The van der Waals surface area contributed by atoms with E-state index in [-0.39, 0.29) is 5.82 Å². The number of nitrogens with zero attached hydrogens (tertiary/aromatic N) is 1. The lowest BCUT2D eigenvalue weighted by atomic mass is 9.98. The first-order valence-corrected chi connectivity index (χ1v) is 5.12. The van der Waals surface area contributed by atoms with E-state index in [0.29, 0.717) is 6.54 Å². The van der Waals surface area contributed by atoms with Gasteiger partial charge in [0.25, 0.3) is 0 Å². The highest BCUT2D eigenvalue weighted by atomic mass is 19.1. The fourth-order valence-corrected chi connectivity index (χ4v) is 1.72. The van der Waals surface area contributed by atoms with Crippen LogP contribution in [0.5, 0.6) is 0 Å². The van der Waals surface area contributed by atoms with Crippen molar-refractivity contribution in [1.29, 1.82) is 0 Å². The monoisotopic (exact) mass is 216 g/mol. The van der Waals surface area contributed by atoms with Crippen LogP contribution >= 0.6 is 0 Å². The maximum Gasteiger partial charge on any atom is 0.123 e. The molecule has 0 aliphatic heterocycles. The number of pyridine rings is 1. The summed E-state index contributed by atoms with van der Waals surface area (Å²) in [7, 11) is 0. The van der Waals surface area contributed by atoms with E-state index in [0.717, 1.165) is 22.3 Å². The fourth-order valence-electron chi connectivity index (χ4n) is 1.72. The summed E-state index contributed by atoms with van der Waals surface area (Å²) in [5.74, 6) is -0.254. The summed E-state index contributed by atoms with van der Waals surface area (Å²) in [6, 6.07) is 6.56. The van der Waals surface area contributed by atoms with Crippen molar-refractivity contribution in [2.75, 3.05) is 0 Å². The lowest BCUT2D eigenvalue weighted by Gasteiger charge is -2.10. The van der Waals surface area contributed by atoms with Crippen molar-refractivity contribution in [3.63, 3.8) is 0 Å². The Hall–Kier alpha value is -1.74. The number of hydrogen-bond acceptors (Lipinski definition) is 2. The summed E-state index contributed by atoms with van der Waals surface area (Å²) in [5, 5.41) is 0. The standard InChI is InChI=1S/C13H13FN2/c1-9-4-5-16-8-13(9)12-6-11(14)3-2-10(12)7-15/h2-6,8H,7,15H2,1H3. The molecule has 2 rings (SSSR count). The van der Waals surface area contributed by atoms with Crippen LogP contribution in [0.4, 0.5) is 4.39 Å². The van der Waals surface area contributed by atoms with E-state index in [1.165, 1.54) is 12.1 Å². The Morgan fingerprint density at radius 2 is 2.06 bits per heavy atom. The topological polar surface area (TPSA) is 38.9 Å². The van der Waals surface area contributed by atoms with E-state index in [9.17, 15) is 4.39 Å². The highest BCUT2D eigenvalue weighted by Gasteiger charge is 2.07. The van der Waals surface area contributed by atoms with Gasteiger partial charge in [-0.3, -0.25) is 4.98 Å². The van der Waals surface area contributed by atoms with E-state index >= 15 is 0 Å². The van der Waals surface area contributed by atoms with E-state index < -0.39 is 0 Å². The average Bonchev–Trinajstić information content (AvgIpc) is 2.29. The Kier molecular flexibility index (Phi) is 2.97. The molecular formula is C13H13FN2. The Labute approximate surface area is 93.9 Å². The molecule has 2 aromatic rings. The van der Waals surface area contributed by atoms with Crippen molar-refractivity contribution in [2.45, 2.75) is 13.5 Å². The molecule has 0 atom stereocenters. The minimum Gasteiger partial charge on any atom is -0.326 e. The lowest BCUT2D eigenvalue weighted by Crippen LogP contribution is -2.00. The summed E-state index contributed by atoms with van der Waals surface area (Å²) in [6.07, 6.45) is 3.46. The van der Waals surface area contributed by atoms with Gasteiger partial charge in [0.05, 0.1) is 0 Å². The number of halogens is 1. The Morgan fingerprint density at radius 3 is 2.75 bits per heavy atom. The van der Waals surface area contributed by atoms with E-state index in [4.69, 9.17) is 5.73 Å². The summed E-state index contributed by atoms with van der Waals surface area (Å²) >= 11 is 0. The molecule has 0 bridgehead atoms. The average molecular weight is 216 g/mol. The molecule has 0 amide bonds. The molecular weight excluding hydrogens is 203 g/mol. The maximum absolute atomic E-state index is 13.2. The summed E-state index contributed by atoms with van der Waals surface area (Å²) in [5.41, 5.74) is 9.40. The van der Waals surface area contributed by atoms with Crippen LogP contribution in [0.25, 0.3) is 11.1 Å². The molecule has 0 radical (unpaired) electrons. The van der Waals surface area contributed by atoms with Crippen LogP contribution < -0.4 is 5.73 Å². The number of hydrogen-bond donors (Lipinski definition) is 1. The van der Waals surface area contributed by atoms with Gasteiger partial charge in [-0.2, -0.15) is 0 Å². The second kappa shape index (κ2) is 4.41. The second-order valence-electron chi connectivity index (χ2n) is 3.70. The SMILES string of the molecule is Cc1ccncc1-c1cc(F)ccc1CN. The predicted octanol–water partition coefficient (Wildman–Crippen LogP) is 2.65. The van der Waals surface area contributed by atoms with Crippen molar-refractivity contribution >= 4 is 0 Å². The molecule has 0 unspecified atom stereocenters. The van der Waals surface area contributed by atoms with Crippen LogP contribution in [0.2, 0.25) is 0 Å². The maximum atomic E-state index is 13.2. The number of rotatable bonds is 2. The predicted molar refractivity (Wildman–Crippen MR) is 62.3 cm³/mol. The van der Waals surface area contributed by atoms with Gasteiger partial charge in [-0.25, -0.2) is 4.39 Å². The third-order valence-corrected chi connectivity index (χ3v) is 2.62. The number of nitrogens with two attached hydrogens (primary N) is 1. The summed E-state index contributed by atoms with van der Waals surface area (Å²) < 4.78 is 13.2. The summed E-state index contributed by atoms with van der Waals surface area (Å²) in [4.78, 5) is 4.06. The lowest BCUT2D eigenvalue weighted by molar-refractivity contribution is 0.627. The van der Waals surface area contributed by atoms with Crippen molar-refractivity contribution in [3.8, 4) is 11.1 Å². The molecule has 0 aliphatic carbocycles. The molecule has 2 nitrogen and oxygen atoms in total. The Balaban J connectivity index is 2.63. The zero-order valence-corrected chi connectivity index (χ0v) is 9.07. The zero-order chi connectivity index (χ0) is 11.5. The quantitative estimate of drug-likeness (QED) is 0.838. The Bertz CT molecular complexity index is 509. The minimum absolute atomic E-state index is 0.254. The van der Waals surface area contributed by atoms with Crippen molar-refractivity contribution < 1.29 is 4.39 Å². The van der Waals surface area contributed by atoms with Gasteiger partial charge >= 0.3 is 0 Å². The molecule has 0 spiro atoms. The normalized spacial score (nSPS) is 10.4. The third-order valence-electron chi connectivity index (χ3n) is 2.62. The molecule has 0 fully saturated rings. The molecule has 82 valence electrons. The number of aryl methyl sites for hydroxylation is 1. The van der Waals surface area contributed by atoms with Gasteiger partial charge in [0.2, 0.25) is 0 Å². The van der Waals surface area contributed by atoms with Gasteiger partial charge in [-0.05, 0) is 41.8 Å². The highest BCUT2D eigenvalue weighted by Crippen LogP contribution is 2.26. The molecule has 16 heavy (non-hydrogen) atoms. The molecule has 0 aliphatic rings. The number of benzene rings is 1. The van der Waals surface area contributed by atoms with Crippen LogP contribution in [0.1, 0.15) is 11.1 Å².